The molecule has 2 aromatic carbocycles. The van der Waals surface area contributed by atoms with Crippen LogP contribution in [0.5, 0.6) is 11.5 Å². The average molecular weight is 542 g/mol. The zero-order chi connectivity index (χ0) is 26.8. The van der Waals surface area contributed by atoms with Crippen LogP contribution in [-0.4, -0.2) is 76.4 Å². The molecule has 0 spiro atoms. The molecule has 0 radical (unpaired) electrons. The maximum atomic E-state index is 12.4. The Bertz CT molecular complexity index is 1420. The molecule has 13 heteroatoms. The van der Waals surface area contributed by atoms with E-state index in [9.17, 15) is 13.2 Å². The lowest BCUT2D eigenvalue weighted by Gasteiger charge is -2.33. The van der Waals surface area contributed by atoms with E-state index in [1.807, 2.05) is 28.8 Å². The molecule has 0 saturated carbocycles. The van der Waals surface area contributed by atoms with Crippen molar-refractivity contribution in [2.75, 3.05) is 49.2 Å². The Labute approximate surface area is 222 Å². The Hall–Kier alpha value is -4.13. The standard InChI is InChI=1S/C26H26F3N7O3/c27-26(28,29)39-20-7-5-18(6-8-20)38-19-9-11-34(12-10-19)23-31-24(35-13-15-37-16-14-35)33-25(32-23)36-17-30-21-3-1-2-4-22(21)36/h1-8,17,19H,9-16H2. The van der Waals surface area contributed by atoms with Gasteiger partial charge in [0.25, 0.3) is 0 Å². The number of ether oxygens (including phenoxy) is 3. The van der Waals surface area contributed by atoms with Crippen LogP contribution in [-0.2, 0) is 4.74 Å². The minimum absolute atomic E-state index is 0.0896. The topological polar surface area (TPSA) is 90.7 Å². The van der Waals surface area contributed by atoms with Gasteiger partial charge in [0.15, 0.2) is 0 Å². The molecule has 39 heavy (non-hydrogen) atoms. The number of alkyl halides is 3. The third kappa shape index (κ3) is 5.82. The van der Waals surface area contributed by atoms with Gasteiger partial charge in [-0.3, -0.25) is 4.57 Å². The molecule has 0 bridgehead atoms. The van der Waals surface area contributed by atoms with Crippen LogP contribution in [0.1, 0.15) is 12.8 Å². The van der Waals surface area contributed by atoms with Crippen molar-refractivity contribution >= 4 is 22.9 Å². The molecular formula is C26H26F3N7O3. The van der Waals surface area contributed by atoms with Gasteiger partial charge >= 0.3 is 6.36 Å². The average Bonchev–Trinajstić information content (AvgIpc) is 3.38. The molecule has 0 aliphatic carbocycles. The Morgan fingerprint density at radius 3 is 2.08 bits per heavy atom. The lowest BCUT2D eigenvalue weighted by Crippen LogP contribution is -2.41. The fourth-order valence-electron chi connectivity index (χ4n) is 4.70. The molecular weight excluding hydrogens is 515 g/mol. The fraction of sp³-hybridized carbons (Fsp3) is 0.385. The maximum absolute atomic E-state index is 12.4. The van der Waals surface area contributed by atoms with E-state index in [1.165, 1.54) is 24.3 Å². The largest absolute Gasteiger partial charge is 0.573 e. The highest BCUT2D eigenvalue weighted by molar-refractivity contribution is 5.76. The number of benzene rings is 2. The molecule has 2 aliphatic heterocycles. The zero-order valence-corrected chi connectivity index (χ0v) is 20.9. The first-order valence-electron chi connectivity index (χ1n) is 12.7. The van der Waals surface area contributed by atoms with Crippen LogP contribution < -0.4 is 19.3 Å². The lowest BCUT2D eigenvalue weighted by atomic mass is 10.1. The van der Waals surface area contributed by atoms with Gasteiger partial charge in [0.1, 0.15) is 23.9 Å². The summed E-state index contributed by atoms with van der Waals surface area (Å²) in [7, 11) is 0. The molecule has 2 saturated heterocycles. The number of hydrogen-bond acceptors (Lipinski definition) is 9. The van der Waals surface area contributed by atoms with E-state index < -0.39 is 6.36 Å². The highest BCUT2D eigenvalue weighted by atomic mass is 19.4. The first kappa shape index (κ1) is 25.2. The second kappa shape index (κ2) is 10.6. The summed E-state index contributed by atoms with van der Waals surface area (Å²) in [5.41, 5.74) is 1.75. The van der Waals surface area contributed by atoms with Crippen molar-refractivity contribution in [2.24, 2.45) is 0 Å². The fourth-order valence-corrected chi connectivity index (χ4v) is 4.70. The van der Waals surface area contributed by atoms with Crippen LogP contribution in [0, 0.1) is 0 Å². The molecule has 2 aliphatic rings. The van der Waals surface area contributed by atoms with E-state index in [-0.39, 0.29) is 11.9 Å². The van der Waals surface area contributed by atoms with Gasteiger partial charge in [0.05, 0.1) is 24.2 Å². The Kier molecular flexibility index (Phi) is 6.81. The van der Waals surface area contributed by atoms with E-state index in [0.717, 1.165) is 11.0 Å². The Balaban J connectivity index is 1.19. The minimum Gasteiger partial charge on any atom is -0.490 e. The number of hydrogen-bond donors (Lipinski definition) is 0. The molecule has 2 aromatic heterocycles. The smallest absolute Gasteiger partial charge is 0.490 e. The monoisotopic (exact) mass is 541 g/mol. The van der Waals surface area contributed by atoms with Gasteiger partial charge in [-0.25, -0.2) is 4.98 Å². The summed E-state index contributed by atoms with van der Waals surface area (Å²) in [5, 5.41) is 0. The Morgan fingerprint density at radius 1 is 0.769 bits per heavy atom. The van der Waals surface area contributed by atoms with Crippen molar-refractivity contribution in [1.82, 2.24) is 24.5 Å². The molecule has 2 fully saturated rings. The zero-order valence-electron chi connectivity index (χ0n) is 20.9. The molecule has 204 valence electrons. The number of para-hydroxylation sites is 2. The quantitative estimate of drug-likeness (QED) is 0.359. The maximum Gasteiger partial charge on any atom is 0.573 e. The van der Waals surface area contributed by atoms with Gasteiger partial charge in [-0.05, 0) is 36.4 Å². The van der Waals surface area contributed by atoms with Gasteiger partial charge in [0.2, 0.25) is 17.8 Å². The number of nitrogens with zero attached hydrogens (tertiary/aromatic N) is 7. The summed E-state index contributed by atoms with van der Waals surface area (Å²) >= 11 is 0. The number of rotatable bonds is 6. The van der Waals surface area contributed by atoms with Crippen molar-refractivity contribution in [3.8, 4) is 17.4 Å². The van der Waals surface area contributed by atoms with E-state index in [1.54, 1.807) is 6.33 Å². The van der Waals surface area contributed by atoms with Crippen molar-refractivity contribution in [2.45, 2.75) is 25.3 Å². The SMILES string of the molecule is FC(F)(F)Oc1ccc(OC2CCN(c3nc(N4CCOCC4)nc(-n4cnc5ccccc54)n3)CC2)cc1. The van der Waals surface area contributed by atoms with Crippen LogP contribution in [0.2, 0.25) is 0 Å². The first-order valence-corrected chi connectivity index (χ1v) is 12.7. The molecule has 4 aromatic rings. The summed E-state index contributed by atoms with van der Waals surface area (Å²) in [5.74, 6) is 1.88. The summed E-state index contributed by atoms with van der Waals surface area (Å²) in [6, 6.07) is 13.3. The normalized spacial score (nSPS) is 17.0. The van der Waals surface area contributed by atoms with E-state index in [4.69, 9.17) is 24.4 Å². The molecule has 6 rings (SSSR count). The second-order valence-electron chi connectivity index (χ2n) is 9.26. The predicted molar refractivity (Wildman–Crippen MR) is 136 cm³/mol. The number of fused-ring (bicyclic) bond motifs is 1. The highest BCUT2D eigenvalue weighted by Crippen LogP contribution is 2.28. The number of morpholine rings is 1. The van der Waals surface area contributed by atoms with E-state index in [0.29, 0.717) is 75.8 Å². The van der Waals surface area contributed by atoms with Gasteiger partial charge in [-0.15, -0.1) is 13.2 Å². The lowest BCUT2D eigenvalue weighted by molar-refractivity contribution is -0.274. The van der Waals surface area contributed by atoms with Crippen molar-refractivity contribution in [3.05, 3.63) is 54.9 Å². The molecule has 0 unspecified atom stereocenters. The summed E-state index contributed by atoms with van der Waals surface area (Å²) in [6.07, 6.45) is -1.70. The molecule has 10 nitrogen and oxygen atoms in total. The van der Waals surface area contributed by atoms with Gasteiger partial charge in [0, 0.05) is 39.0 Å². The molecule has 4 heterocycles. The van der Waals surface area contributed by atoms with Crippen LogP contribution in [0.3, 0.4) is 0 Å². The Morgan fingerprint density at radius 2 is 1.38 bits per heavy atom. The van der Waals surface area contributed by atoms with Gasteiger partial charge in [-0.2, -0.15) is 15.0 Å². The predicted octanol–water partition coefficient (Wildman–Crippen LogP) is 3.99. The number of aromatic nitrogens is 5. The number of piperidine rings is 1. The van der Waals surface area contributed by atoms with Crippen molar-refractivity contribution < 1.29 is 27.4 Å². The van der Waals surface area contributed by atoms with Crippen molar-refractivity contribution in [3.63, 3.8) is 0 Å². The minimum atomic E-state index is -4.73. The number of halogens is 3. The second-order valence-corrected chi connectivity index (χ2v) is 9.26. The van der Waals surface area contributed by atoms with Gasteiger partial charge < -0.3 is 24.0 Å². The van der Waals surface area contributed by atoms with Crippen LogP contribution >= 0.6 is 0 Å². The van der Waals surface area contributed by atoms with Crippen molar-refractivity contribution in [1.29, 1.82) is 0 Å². The summed E-state index contributed by atoms with van der Waals surface area (Å²) in [4.78, 5) is 23.1. The summed E-state index contributed by atoms with van der Waals surface area (Å²) in [6.45, 7) is 3.90. The highest BCUT2D eigenvalue weighted by Gasteiger charge is 2.31. The number of imidazole rings is 1. The molecule has 0 atom stereocenters. The van der Waals surface area contributed by atoms with Crippen LogP contribution in [0.25, 0.3) is 17.0 Å². The van der Waals surface area contributed by atoms with Crippen LogP contribution in [0.15, 0.2) is 54.9 Å². The molecule has 0 N–H and O–H groups in total. The van der Waals surface area contributed by atoms with Gasteiger partial charge in [-0.1, -0.05) is 12.1 Å². The van der Waals surface area contributed by atoms with E-state index >= 15 is 0 Å². The first-order chi connectivity index (χ1) is 18.9. The molecule has 0 amide bonds. The van der Waals surface area contributed by atoms with E-state index in [2.05, 4.69) is 19.5 Å². The third-order valence-corrected chi connectivity index (χ3v) is 6.65. The van der Waals surface area contributed by atoms with Crippen LogP contribution in [0.4, 0.5) is 25.1 Å². The number of anilines is 2. The summed E-state index contributed by atoms with van der Waals surface area (Å²) < 4.78 is 54.6. The third-order valence-electron chi connectivity index (χ3n) is 6.65.